The summed E-state index contributed by atoms with van der Waals surface area (Å²) in [5.74, 6) is 0. The molecular formula is C96H72N4. The van der Waals surface area contributed by atoms with E-state index in [9.17, 15) is 0 Å². The molecule has 100 heavy (non-hydrogen) atoms. The molecule has 476 valence electrons. The molecule has 0 radical (unpaired) electrons. The van der Waals surface area contributed by atoms with Crippen LogP contribution in [0.5, 0.6) is 0 Å². The number of para-hydroxylation sites is 5. The van der Waals surface area contributed by atoms with Gasteiger partial charge in [0.15, 0.2) is 0 Å². The van der Waals surface area contributed by atoms with Crippen LogP contribution in [0.2, 0.25) is 0 Å². The van der Waals surface area contributed by atoms with Gasteiger partial charge in [-0.05, 0) is 211 Å². The van der Waals surface area contributed by atoms with Crippen LogP contribution in [0.1, 0.15) is 49.9 Å². The SMILES string of the molecule is CC1(C)c2ccccc2-c2ccc(N(c3ccc(-c4ccccc4)cc3)c3ccc(-c4ccc5c(c4)c4ccccc4n5-c4ccccc4)cc3)cc21.CC1(C)c2ccccc2-c2ccc(N(c3ccccc3)c3ccc(-c4ccc5c(c4)c4ccccc4n5-c4ccccc4)cc3)cc21. The zero-order valence-electron chi connectivity index (χ0n) is 56.4. The Balaban J connectivity index is 0.000000145. The monoisotopic (exact) mass is 1280 g/mol. The first-order valence-electron chi connectivity index (χ1n) is 34.8. The van der Waals surface area contributed by atoms with Crippen LogP contribution >= 0.6 is 0 Å². The van der Waals surface area contributed by atoms with E-state index in [1.807, 2.05) is 0 Å². The van der Waals surface area contributed by atoms with E-state index in [1.54, 1.807) is 0 Å². The summed E-state index contributed by atoms with van der Waals surface area (Å²) in [6.07, 6.45) is 0. The van der Waals surface area contributed by atoms with Gasteiger partial charge in [-0.1, -0.05) is 258 Å². The predicted octanol–water partition coefficient (Wildman–Crippen LogP) is 26.1. The second kappa shape index (κ2) is 24.2. The number of hydrogen-bond acceptors (Lipinski definition) is 2. The lowest BCUT2D eigenvalue weighted by molar-refractivity contribution is 0.660. The van der Waals surface area contributed by atoms with Gasteiger partial charge in [-0.25, -0.2) is 0 Å². The molecule has 0 unspecified atom stereocenters. The van der Waals surface area contributed by atoms with Crippen molar-refractivity contribution in [3.05, 3.63) is 386 Å². The summed E-state index contributed by atoms with van der Waals surface area (Å²) in [6, 6.07) is 133. The Morgan fingerprint density at radius 3 is 0.910 bits per heavy atom. The number of anilines is 6. The zero-order chi connectivity index (χ0) is 67.1. The molecule has 0 N–H and O–H groups in total. The topological polar surface area (TPSA) is 16.3 Å². The Morgan fingerprint density at radius 1 is 0.200 bits per heavy atom. The summed E-state index contributed by atoms with van der Waals surface area (Å²) in [6.45, 7) is 9.39. The lowest BCUT2D eigenvalue weighted by atomic mass is 9.82. The van der Waals surface area contributed by atoms with Gasteiger partial charge < -0.3 is 18.9 Å². The van der Waals surface area contributed by atoms with Crippen molar-refractivity contribution in [1.29, 1.82) is 0 Å². The smallest absolute Gasteiger partial charge is 0.0541 e. The van der Waals surface area contributed by atoms with E-state index in [0.29, 0.717) is 0 Å². The largest absolute Gasteiger partial charge is 0.310 e. The highest BCUT2D eigenvalue weighted by Gasteiger charge is 2.37. The van der Waals surface area contributed by atoms with Gasteiger partial charge in [0.2, 0.25) is 0 Å². The summed E-state index contributed by atoms with van der Waals surface area (Å²) in [5.41, 5.74) is 32.0. The summed E-state index contributed by atoms with van der Waals surface area (Å²) in [4.78, 5) is 4.77. The maximum absolute atomic E-state index is 2.41. The lowest BCUT2D eigenvalue weighted by Gasteiger charge is -2.28. The van der Waals surface area contributed by atoms with Gasteiger partial charge in [0.25, 0.3) is 0 Å². The van der Waals surface area contributed by atoms with E-state index >= 15 is 0 Å². The van der Waals surface area contributed by atoms with Crippen LogP contribution in [0.15, 0.2) is 364 Å². The number of hydrogen-bond donors (Lipinski definition) is 0. The molecule has 0 atom stereocenters. The Bertz CT molecular complexity index is 5930. The summed E-state index contributed by atoms with van der Waals surface area (Å²) in [5, 5.41) is 5.05. The normalized spacial score (nSPS) is 13.0. The minimum atomic E-state index is -0.0864. The average Bonchev–Trinajstić information content (AvgIpc) is 1.76. The van der Waals surface area contributed by atoms with E-state index < -0.39 is 0 Å². The van der Waals surface area contributed by atoms with Gasteiger partial charge in [-0.3, -0.25) is 0 Å². The van der Waals surface area contributed by atoms with Crippen molar-refractivity contribution in [1.82, 2.24) is 9.13 Å². The van der Waals surface area contributed by atoms with Crippen LogP contribution in [0.25, 0.3) is 111 Å². The Labute approximate surface area is 584 Å². The van der Waals surface area contributed by atoms with E-state index in [0.717, 1.165) is 28.4 Å². The first-order chi connectivity index (χ1) is 49.1. The van der Waals surface area contributed by atoms with Gasteiger partial charge >= 0.3 is 0 Å². The summed E-state index contributed by atoms with van der Waals surface area (Å²) < 4.78 is 4.74. The first kappa shape index (κ1) is 60.0. The molecule has 0 amide bonds. The molecule has 19 rings (SSSR count). The number of aromatic nitrogens is 2. The Morgan fingerprint density at radius 2 is 0.490 bits per heavy atom. The highest BCUT2D eigenvalue weighted by molar-refractivity contribution is 6.12. The molecule has 4 nitrogen and oxygen atoms in total. The van der Waals surface area contributed by atoms with E-state index in [-0.39, 0.29) is 10.8 Å². The lowest BCUT2D eigenvalue weighted by Crippen LogP contribution is -2.16. The molecule has 4 heteroatoms. The molecule has 0 spiro atoms. The van der Waals surface area contributed by atoms with Crippen molar-refractivity contribution in [3.8, 4) is 67.0 Å². The molecule has 2 heterocycles. The number of nitrogens with zero attached hydrogens (tertiary/aromatic N) is 4. The molecular weight excluding hydrogens is 1210 g/mol. The molecule has 0 fully saturated rings. The third-order valence-corrected chi connectivity index (χ3v) is 21.2. The second-order valence-corrected chi connectivity index (χ2v) is 27.7. The molecule has 17 aromatic rings. The van der Waals surface area contributed by atoms with Crippen molar-refractivity contribution in [3.63, 3.8) is 0 Å². The van der Waals surface area contributed by atoms with Crippen LogP contribution in [-0.2, 0) is 10.8 Å². The molecule has 2 aromatic heterocycles. The highest BCUT2D eigenvalue weighted by Crippen LogP contribution is 2.53. The standard InChI is InChI=1S/C51H38N2.C45H34N2/c1-51(2)47-19-11-9-17-43(47)44-31-30-42(34-48(44)51)52(40-26-21-36(22-27-40)35-13-5-3-6-14-35)41-28-23-37(24-29-41)38-25-32-50-46(33-38)45-18-10-12-20-49(45)53(50)39-15-7-4-8-16-39;1-45(2)41-19-11-9-17-37(41)38-27-26-36(30-42(38)45)46(33-13-5-3-6-14-33)35-24-21-31(22-25-35)32-23-28-44-40(29-32)39-18-10-12-20-43(39)47(44)34-15-7-4-8-16-34/h3-34H,1-2H3;3-30H,1-2H3. The van der Waals surface area contributed by atoms with Crippen LogP contribution in [0.4, 0.5) is 34.1 Å². The summed E-state index contributed by atoms with van der Waals surface area (Å²) >= 11 is 0. The second-order valence-electron chi connectivity index (χ2n) is 27.7. The number of benzene rings is 15. The quantitative estimate of drug-likeness (QED) is 0.128. The Kier molecular flexibility index (Phi) is 14.5. The van der Waals surface area contributed by atoms with Crippen LogP contribution in [0, 0.1) is 0 Å². The van der Waals surface area contributed by atoms with Crippen molar-refractivity contribution in [2.45, 2.75) is 38.5 Å². The predicted molar refractivity (Wildman–Crippen MR) is 422 cm³/mol. The molecule has 15 aromatic carbocycles. The molecule has 2 aliphatic rings. The van der Waals surface area contributed by atoms with Gasteiger partial charge in [-0.15, -0.1) is 0 Å². The van der Waals surface area contributed by atoms with Crippen molar-refractivity contribution in [2.75, 3.05) is 9.80 Å². The van der Waals surface area contributed by atoms with Crippen LogP contribution < -0.4 is 9.80 Å². The van der Waals surface area contributed by atoms with Crippen molar-refractivity contribution >= 4 is 77.7 Å². The minimum Gasteiger partial charge on any atom is -0.310 e. The van der Waals surface area contributed by atoms with Crippen molar-refractivity contribution in [2.24, 2.45) is 0 Å². The van der Waals surface area contributed by atoms with Gasteiger partial charge in [-0.2, -0.15) is 0 Å². The minimum absolute atomic E-state index is 0.0591. The number of fused-ring (bicyclic) bond motifs is 12. The molecule has 0 saturated heterocycles. The fourth-order valence-corrected chi connectivity index (χ4v) is 16.2. The van der Waals surface area contributed by atoms with E-state index in [2.05, 4.69) is 411 Å². The molecule has 2 aliphatic carbocycles. The Hall–Kier alpha value is -12.5. The third-order valence-electron chi connectivity index (χ3n) is 21.2. The van der Waals surface area contributed by atoms with Gasteiger partial charge in [0.1, 0.15) is 0 Å². The zero-order valence-corrected chi connectivity index (χ0v) is 56.4. The van der Waals surface area contributed by atoms with Crippen molar-refractivity contribution < 1.29 is 0 Å². The van der Waals surface area contributed by atoms with Crippen LogP contribution in [-0.4, -0.2) is 9.13 Å². The highest BCUT2D eigenvalue weighted by atomic mass is 15.1. The first-order valence-corrected chi connectivity index (χ1v) is 34.8. The molecule has 0 aliphatic heterocycles. The average molecular weight is 1280 g/mol. The fourth-order valence-electron chi connectivity index (χ4n) is 16.2. The van der Waals surface area contributed by atoms with E-state index in [4.69, 9.17) is 0 Å². The van der Waals surface area contributed by atoms with Crippen LogP contribution in [0.3, 0.4) is 0 Å². The molecule has 0 bridgehead atoms. The van der Waals surface area contributed by atoms with Gasteiger partial charge in [0.05, 0.1) is 22.1 Å². The molecule has 0 saturated carbocycles. The fraction of sp³-hybridized carbons (Fsp3) is 0.0625. The summed E-state index contributed by atoms with van der Waals surface area (Å²) in [7, 11) is 0. The number of rotatable bonds is 11. The van der Waals surface area contributed by atoms with Gasteiger partial charge in [0, 0.05) is 77.9 Å². The van der Waals surface area contributed by atoms with E-state index in [1.165, 1.54) is 139 Å². The third kappa shape index (κ3) is 10.1. The maximum atomic E-state index is 2.41. The maximum Gasteiger partial charge on any atom is 0.0541 e.